The van der Waals surface area contributed by atoms with Gasteiger partial charge in [-0.1, -0.05) is 24.3 Å². The summed E-state index contributed by atoms with van der Waals surface area (Å²) in [5.41, 5.74) is 2.31. The molecule has 0 saturated heterocycles. The van der Waals surface area contributed by atoms with Gasteiger partial charge in [-0.05, 0) is 41.5 Å². The molecule has 0 fully saturated rings. The highest BCUT2D eigenvalue weighted by atomic mass is 16.6. The van der Waals surface area contributed by atoms with Gasteiger partial charge in [-0.15, -0.1) is 0 Å². The maximum Gasteiger partial charge on any atom is 0.337 e. The lowest BCUT2D eigenvalue weighted by Gasteiger charge is -2.08. The van der Waals surface area contributed by atoms with Gasteiger partial charge in [0.1, 0.15) is 5.75 Å². The molecular weight excluding hydrogens is 376 g/mol. The minimum absolute atomic E-state index is 0.0712. The van der Waals surface area contributed by atoms with Crippen LogP contribution in [0.5, 0.6) is 5.75 Å². The molecule has 0 bridgehead atoms. The maximum atomic E-state index is 12.3. The van der Waals surface area contributed by atoms with Crippen LogP contribution in [-0.2, 0) is 4.74 Å². The Morgan fingerprint density at radius 1 is 0.966 bits per heavy atom. The van der Waals surface area contributed by atoms with Crippen molar-refractivity contribution in [1.29, 1.82) is 0 Å². The van der Waals surface area contributed by atoms with E-state index in [0.29, 0.717) is 11.3 Å². The molecular formula is C21H16N2O6. The fraction of sp³-hybridized carbons (Fsp3) is 0.0476. The number of carbonyl (C=O) groups is 2. The number of aromatic hydroxyl groups is 1. The quantitative estimate of drug-likeness (QED) is 0.385. The highest BCUT2D eigenvalue weighted by Crippen LogP contribution is 2.26. The lowest BCUT2D eigenvalue weighted by molar-refractivity contribution is -0.384. The molecule has 0 heterocycles. The van der Waals surface area contributed by atoms with Crippen LogP contribution >= 0.6 is 0 Å². The second kappa shape index (κ2) is 8.22. The van der Waals surface area contributed by atoms with Crippen LogP contribution in [0.2, 0.25) is 0 Å². The molecule has 0 aliphatic rings. The number of anilines is 1. The standard InChI is InChI=1S/C21H16N2O6/c1-29-21(26)15-4-2-13(3-5-15)14-6-8-16(9-7-14)22-20(25)18-11-10-17(23(27)28)12-19(18)24/h2-12,24H,1H3,(H,22,25). The number of methoxy groups -OCH3 is 1. The van der Waals surface area contributed by atoms with E-state index in [1.54, 1.807) is 48.5 Å². The summed E-state index contributed by atoms with van der Waals surface area (Å²) in [7, 11) is 1.32. The van der Waals surface area contributed by atoms with Crippen LogP contribution in [0.3, 0.4) is 0 Å². The first-order valence-corrected chi connectivity index (χ1v) is 8.46. The normalized spacial score (nSPS) is 10.2. The van der Waals surface area contributed by atoms with Gasteiger partial charge in [0.05, 0.1) is 29.2 Å². The number of hydrogen-bond donors (Lipinski definition) is 2. The first-order valence-electron chi connectivity index (χ1n) is 8.46. The van der Waals surface area contributed by atoms with E-state index in [-0.39, 0.29) is 11.3 Å². The minimum atomic E-state index is -0.655. The van der Waals surface area contributed by atoms with Gasteiger partial charge in [0.15, 0.2) is 0 Å². The Balaban J connectivity index is 1.73. The predicted molar refractivity (Wildman–Crippen MR) is 106 cm³/mol. The summed E-state index contributed by atoms with van der Waals surface area (Å²) in [4.78, 5) is 33.9. The van der Waals surface area contributed by atoms with Crippen molar-refractivity contribution >= 4 is 23.3 Å². The van der Waals surface area contributed by atoms with Crippen LogP contribution in [0, 0.1) is 10.1 Å². The Bertz CT molecular complexity index is 1080. The molecule has 0 unspecified atom stereocenters. The molecule has 3 aromatic rings. The highest BCUT2D eigenvalue weighted by Gasteiger charge is 2.16. The van der Waals surface area contributed by atoms with Crippen molar-refractivity contribution in [1.82, 2.24) is 0 Å². The van der Waals surface area contributed by atoms with Gasteiger partial charge in [-0.2, -0.15) is 0 Å². The third-order valence-corrected chi connectivity index (χ3v) is 4.22. The molecule has 0 radical (unpaired) electrons. The van der Waals surface area contributed by atoms with E-state index in [2.05, 4.69) is 10.1 Å². The second-order valence-electron chi connectivity index (χ2n) is 6.06. The molecule has 29 heavy (non-hydrogen) atoms. The van der Waals surface area contributed by atoms with E-state index in [1.165, 1.54) is 13.2 Å². The molecule has 3 rings (SSSR count). The van der Waals surface area contributed by atoms with Crippen LogP contribution < -0.4 is 5.32 Å². The van der Waals surface area contributed by atoms with E-state index in [4.69, 9.17) is 0 Å². The Kier molecular flexibility index (Phi) is 5.54. The number of benzene rings is 3. The largest absolute Gasteiger partial charge is 0.507 e. The summed E-state index contributed by atoms with van der Waals surface area (Å²) < 4.78 is 4.67. The zero-order valence-electron chi connectivity index (χ0n) is 15.3. The zero-order chi connectivity index (χ0) is 21.0. The molecule has 0 aliphatic carbocycles. The van der Waals surface area contributed by atoms with Crippen LogP contribution in [0.1, 0.15) is 20.7 Å². The number of amides is 1. The van der Waals surface area contributed by atoms with Crippen LogP contribution in [0.15, 0.2) is 66.7 Å². The number of nitrogens with one attached hydrogen (secondary N) is 1. The van der Waals surface area contributed by atoms with Crippen molar-refractivity contribution in [3.8, 4) is 16.9 Å². The van der Waals surface area contributed by atoms with E-state index in [9.17, 15) is 24.8 Å². The Morgan fingerprint density at radius 3 is 2.07 bits per heavy atom. The number of non-ortho nitro benzene ring substituents is 1. The van der Waals surface area contributed by atoms with E-state index >= 15 is 0 Å². The van der Waals surface area contributed by atoms with Gasteiger partial charge < -0.3 is 15.2 Å². The second-order valence-corrected chi connectivity index (χ2v) is 6.06. The molecule has 146 valence electrons. The fourth-order valence-electron chi connectivity index (χ4n) is 2.69. The molecule has 8 heteroatoms. The Morgan fingerprint density at radius 2 is 1.55 bits per heavy atom. The van der Waals surface area contributed by atoms with Crippen LogP contribution in [-0.4, -0.2) is 29.0 Å². The number of nitro benzene ring substituents is 1. The third-order valence-electron chi connectivity index (χ3n) is 4.22. The summed E-state index contributed by atoms with van der Waals surface area (Å²) >= 11 is 0. The van der Waals surface area contributed by atoms with Gasteiger partial charge in [0.2, 0.25) is 0 Å². The molecule has 8 nitrogen and oxygen atoms in total. The van der Waals surface area contributed by atoms with E-state index in [0.717, 1.165) is 23.3 Å². The summed E-state index contributed by atoms with van der Waals surface area (Å²) in [6.45, 7) is 0. The van der Waals surface area contributed by atoms with Gasteiger partial charge in [0, 0.05) is 11.8 Å². The number of phenolic OH excluding ortho intramolecular Hbond substituents is 1. The number of esters is 1. The number of nitrogens with zero attached hydrogens (tertiary/aromatic N) is 1. The van der Waals surface area contributed by atoms with Crippen LogP contribution in [0.25, 0.3) is 11.1 Å². The fourth-order valence-corrected chi connectivity index (χ4v) is 2.69. The number of hydrogen-bond acceptors (Lipinski definition) is 6. The van der Waals surface area contributed by atoms with Crippen molar-refractivity contribution in [3.05, 3.63) is 88.0 Å². The molecule has 0 aromatic heterocycles. The van der Waals surface area contributed by atoms with E-state index in [1.807, 2.05) is 0 Å². The van der Waals surface area contributed by atoms with Gasteiger partial charge >= 0.3 is 5.97 Å². The number of nitro groups is 1. The van der Waals surface area contributed by atoms with Gasteiger partial charge in [-0.25, -0.2) is 4.79 Å². The minimum Gasteiger partial charge on any atom is -0.507 e. The summed E-state index contributed by atoms with van der Waals surface area (Å²) in [6.07, 6.45) is 0. The number of rotatable bonds is 5. The number of phenols is 1. The maximum absolute atomic E-state index is 12.3. The molecule has 0 spiro atoms. The lowest BCUT2D eigenvalue weighted by Crippen LogP contribution is -2.12. The summed E-state index contributed by atoms with van der Waals surface area (Å²) in [5, 5.41) is 23.2. The van der Waals surface area contributed by atoms with Crippen LogP contribution in [0.4, 0.5) is 11.4 Å². The lowest BCUT2D eigenvalue weighted by atomic mass is 10.0. The Labute approximate surface area is 165 Å². The first-order chi connectivity index (χ1) is 13.9. The van der Waals surface area contributed by atoms with Crippen molar-refractivity contribution in [2.45, 2.75) is 0 Å². The smallest absolute Gasteiger partial charge is 0.337 e. The molecule has 0 aliphatic heterocycles. The number of ether oxygens (including phenoxy) is 1. The monoisotopic (exact) mass is 392 g/mol. The SMILES string of the molecule is COC(=O)c1ccc(-c2ccc(NC(=O)c3ccc([N+](=O)[O-])cc3O)cc2)cc1. The molecule has 3 aromatic carbocycles. The molecule has 1 amide bonds. The average molecular weight is 392 g/mol. The topological polar surface area (TPSA) is 119 Å². The summed E-state index contributed by atoms with van der Waals surface area (Å²) in [6, 6.07) is 17.1. The van der Waals surface area contributed by atoms with Crippen molar-refractivity contribution < 1.29 is 24.4 Å². The highest BCUT2D eigenvalue weighted by molar-refractivity contribution is 6.06. The Hall–Kier alpha value is -4.20. The van der Waals surface area contributed by atoms with Gasteiger partial charge in [0.25, 0.3) is 11.6 Å². The predicted octanol–water partition coefficient (Wildman–Crippen LogP) is 4.01. The van der Waals surface area contributed by atoms with Gasteiger partial charge in [-0.3, -0.25) is 14.9 Å². The molecule has 0 atom stereocenters. The molecule has 0 saturated carbocycles. The van der Waals surface area contributed by atoms with Crippen molar-refractivity contribution in [3.63, 3.8) is 0 Å². The average Bonchev–Trinajstić information content (AvgIpc) is 2.73. The van der Waals surface area contributed by atoms with E-state index < -0.39 is 22.5 Å². The summed E-state index contributed by atoms with van der Waals surface area (Å²) in [5.74, 6) is -1.48. The molecule has 2 N–H and O–H groups in total. The number of carbonyl (C=O) groups excluding carboxylic acids is 2. The zero-order valence-corrected chi connectivity index (χ0v) is 15.3. The van der Waals surface area contributed by atoms with Crippen molar-refractivity contribution in [2.75, 3.05) is 12.4 Å². The van der Waals surface area contributed by atoms with Crippen molar-refractivity contribution in [2.24, 2.45) is 0 Å². The third kappa shape index (κ3) is 4.38. The first kappa shape index (κ1) is 19.6.